The molecule has 1 aromatic heterocycles. The van der Waals surface area contributed by atoms with E-state index in [4.69, 9.17) is 15.2 Å². The SMILES string of the molecule is COc1ncnc(OC)c1CCN. The Morgan fingerprint density at radius 1 is 1.23 bits per heavy atom. The van der Waals surface area contributed by atoms with Gasteiger partial charge in [-0.2, -0.15) is 0 Å². The molecule has 2 N–H and O–H groups in total. The molecule has 0 saturated carbocycles. The molecule has 0 bridgehead atoms. The molecule has 0 amide bonds. The molecule has 0 aliphatic heterocycles. The molecule has 0 aliphatic rings. The summed E-state index contributed by atoms with van der Waals surface area (Å²) in [7, 11) is 3.11. The van der Waals surface area contributed by atoms with Crippen LogP contribution in [0.3, 0.4) is 0 Å². The Kier molecular flexibility index (Phi) is 3.45. The van der Waals surface area contributed by atoms with Gasteiger partial charge in [-0.15, -0.1) is 0 Å². The molecule has 0 unspecified atom stereocenters. The highest BCUT2D eigenvalue weighted by atomic mass is 16.5. The van der Waals surface area contributed by atoms with Gasteiger partial charge in [0.2, 0.25) is 11.8 Å². The Morgan fingerprint density at radius 3 is 2.15 bits per heavy atom. The summed E-state index contributed by atoms with van der Waals surface area (Å²) < 4.78 is 10.1. The standard InChI is InChI=1S/C8H13N3O2/c1-12-7-6(3-4-9)8(13-2)11-5-10-7/h5H,3-4,9H2,1-2H3. The van der Waals surface area contributed by atoms with Crippen molar-refractivity contribution < 1.29 is 9.47 Å². The van der Waals surface area contributed by atoms with Crippen molar-refractivity contribution in [2.45, 2.75) is 6.42 Å². The number of nitrogens with two attached hydrogens (primary N) is 1. The van der Waals surface area contributed by atoms with Crippen molar-refractivity contribution in [1.82, 2.24) is 9.97 Å². The van der Waals surface area contributed by atoms with Gasteiger partial charge in [-0.1, -0.05) is 0 Å². The van der Waals surface area contributed by atoms with E-state index in [0.717, 1.165) is 5.56 Å². The first-order valence-electron chi connectivity index (χ1n) is 3.95. The van der Waals surface area contributed by atoms with Crippen LogP contribution in [0.4, 0.5) is 0 Å². The Hall–Kier alpha value is -1.36. The van der Waals surface area contributed by atoms with Crippen LogP contribution >= 0.6 is 0 Å². The van der Waals surface area contributed by atoms with Crippen molar-refractivity contribution in [3.05, 3.63) is 11.9 Å². The van der Waals surface area contributed by atoms with Gasteiger partial charge in [-0.05, 0) is 13.0 Å². The lowest BCUT2D eigenvalue weighted by Gasteiger charge is -2.08. The predicted molar refractivity (Wildman–Crippen MR) is 47.9 cm³/mol. The van der Waals surface area contributed by atoms with Crippen molar-refractivity contribution in [3.63, 3.8) is 0 Å². The van der Waals surface area contributed by atoms with E-state index in [0.29, 0.717) is 24.7 Å². The van der Waals surface area contributed by atoms with Crippen LogP contribution < -0.4 is 15.2 Å². The molecule has 0 spiro atoms. The quantitative estimate of drug-likeness (QED) is 0.711. The second kappa shape index (κ2) is 4.61. The van der Waals surface area contributed by atoms with Crippen LogP contribution in [0.1, 0.15) is 5.56 Å². The highest BCUT2D eigenvalue weighted by Gasteiger charge is 2.10. The lowest BCUT2D eigenvalue weighted by atomic mass is 10.2. The summed E-state index contributed by atoms with van der Waals surface area (Å²) in [4.78, 5) is 7.91. The normalized spacial score (nSPS) is 9.77. The Bertz CT molecular complexity index is 256. The van der Waals surface area contributed by atoms with Gasteiger partial charge in [0.1, 0.15) is 6.33 Å². The average molecular weight is 183 g/mol. The maximum absolute atomic E-state index is 5.44. The van der Waals surface area contributed by atoms with Crippen LogP contribution in [-0.4, -0.2) is 30.7 Å². The first-order chi connectivity index (χ1) is 6.33. The van der Waals surface area contributed by atoms with Crippen molar-refractivity contribution in [2.75, 3.05) is 20.8 Å². The number of rotatable bonds is 4. The zero-order valence-corrected chi connectivity index (χ0v) is 7.78. The molecule has 5 heteroatoms. The fraction of sp³-hybridized carbons (Fsp3) is 0.500. The maximum Gasteiger partial charge on any atom is 0.223 e. The topological polar surface area (TPSA) is 70.3 Å². The van der Waals surface area contributed by atoms with Crippen LogP contribution in [0.15, 0.2) is 6.33 Å². The first kappa shape index (κ1) is 9.73. The molecule has 72 valence electrons. The van der Waals surface area contributed by atoms with Crippen LogP contribution in [0.5, 0.6) is 11.8 Å². The molecule has 1 aromatic rings. The molecule has 1 rings (SSSR count). The molecule has 0 aliphatic carbocycles. The molecule has 5 nitrogen and oxygen atoms in total. The van der Waals surface area contributed by atoms with Crippen molar-refractivity contribution >= 4 is 0 Å². The number of hydrogen-bond acceptors (Lipinski definition) is 5. The summed E-state index contributed by atoms with van der Waals surface area (Å²) in [6, 6.07) is 0. The van der Waals surface area contributed by atoms with E-state index in [2.05, 4.69) is 9.97 Å². The van der Waals surface area contributed by atoms with Crippen molar-refractivity contribution in [3.8, 4) is 11.8 Å². The number of methoxy groups -OCH3 is 2. The van der Waals surface area contributed by atoms with Gasteiger partial charge in [0.25, 0.3) is 0 Å². The van der Waals surface area contributed by atoms with Crippen LogP contribution in [0.25, 0.3) is 0 Å². The van der Waals surface area contributed by atoms with Gasteiger partial charge in [0.05, 0.1) is 19.8 Å². The third kappa shape index (κ3) is 2.06. The summed E-state index contributed by atoms with van der Waals surface area (Å²) in [6.07, 6.45) is 2.05. The highest BCUT2D eigenvalue weighted by molar-refractivity contribution is 5.34. The average Bonchev–Trinajstić information content (AvgIpc) is 2.18. The molecule has 0 aromatic carbocycles. The third-order valence-electron chi connectivity index (χ3n) is 1.65. The van der Waals surface area contributed by atoms with E-state index in [1.807, 2.05) is 0 Å². The molecule has 1 heterocycles. The number of nitrogens with zero attached hydrogens (tertiary/aromatic N) is 2. The largest absolute Gasteiger partial charge is 0.481 e. The molecular weight excluding hydrogens is 170 g/mol. The van der Waals surface area contributed by atoms with E-state index in [1.165, 1.54) is 6.33 Å². The second-order valence-electron chi connectivity index (χ2n) is 2.41. The van der Waals surface area contributed by atoms with E-state index < -0.39 is 0 Å². The fourth-order valence-electron chi connectivity index (χ4n) is 1.09. The van der Waals surface area contributed by atoms with Gasteiger partial charge in [-0.25, -0.2) is 9.97 Å². The van der Waals surface area contributed by atoms with E-state index >= 15 is 0 Å². The first-order valence-corrected chi connectivity index (χ1v) is 3.95. The second-order valence-corrected chi connectivity index (χ2v) is 2.41. The predicted octanol–water partition coefficient (Wildman–Crippen LogP) is -0.00500. The lowest BCUT2D eigenvalue weighted by Crippen LogP contribution is -2.08. The number of ether oxygens (including phenoxy) is 2. The summed E-state index contributed by atoms with van der Waals surface area (Å²) in [5, 5.41) is 0. The molecule has 13 heavy (non-hydrogen) atoms. The van der Waals surface area contributed by atoms with Gasteiger partial charge < -0.3 is 15.2 Å². The van der Waals surface area contributed by atoms with Gasteiger partial charge in [-0.3, -0.25) is 0 Å². The zero-order chi connectivity index (χ0) is 9.68. The van der Waals surface area contributed by atoms with E-state index in [1.54, 1.807) is 14.2 Å². The summed E-state index contributed by atoms with van der Waals surface area (Å²) in [5.74, 6) is 1.05. The maximum atomic E-state index is 5.44. The lowest BCUT2D eigenvalue weighted by molar-refractivity contribution is 0.362. The molecule has 0 atom stereocenters. The fourth-order valence-corrected chi connectivity index (χ4v) is 1.09. The van der Waals surface area contributed by atoms with Crippen molar-refractivity contribution in [2.24, 2.45) is 5.73 Å². The Morgan fingerprint density at radius 2 is 1.77 bits per heavy atom. The van der Waals surface area contributed by atoms with Crippen molar-refractivity contribution in [1.29, 1.82) is 0 Å². The van der Waals surface area contributed by atoms with Crippen LogP contribution in [0.2, 0.25) is 0 Å². The van der Waals surface area contributed by atoms with Crippen LogP contribution in [-0.2, 0) is 6.42 Å². The van der Waals surface area contributed by atoms with Gasteiger partial charge in [0, 0.05) is 0 Å². The van der Waals surface area contributed by atoms with Gasteiger partial charge >= 0.3 is 0 Å². The minimum Gasteiger partial charge on any atom is -0.481 e. The third-order valence-corrected chi connectivity index (χ3v) is 1.65. The Balaban J connectivity index is 3.05. The zero-order valence-electron chi connectivity index (χ0n) is 7.78. The molecule has 0 fully saturated rings. The summed E-state index contributed by atoms with van der Waals surface area (Å²) in [5.41, 5.74) is 6.26. The highest BCUT2D eigenvalue weighted by Crippen LogP contribution is 2.22. The van der Waals surface area contributed by atoms with Gasteiger partial charge in [0.15, 0.2) is 0 Å². The minimum absolute atomic E-state index is 0.514. The molecular formula is C8H13N3O2. The minimum atomic E-state index is 0.514. The number of hydrogen-bond donors (Lipinski definition) is 1. The van der Waals surface area contributed by atoms with E-state index in [-0.39, 0.29) is 0 Å². The monoisotopic (exact) mass is 183 g/mol. The smallest absolute Gasteiger partial charge is 0.223 e. The Labute approximate surface area is 76.9 Å². The number of aromatic nitrogens is 2. The van der Waals surface area contributed by atoms with E-state index in [9.17, 15) is 0 Å². The molecule has 0 saturated heterocycles. The molecule has 0 radical (unpaired) electrons. The summed E-state index contributed by atoms with van der Waals surface area (Å²) in [6.45, 7) is 0.514. The summed E-state index contributed by atoms with van der Waals surface area (Å²) >= 11 is 0. The van der Waals surface area contributed by atoms with Crippen LogP contribution in [0, 0.1) is 0 Å².